The van der Waals surface area contributed by atoms with Gasteiger partial charge >= 0.3 is 0 Å². The Morgan fingerprint density at radius 1 is 1.14 bits per heavy atom. The van der Waals surface area contributed by atoms with E-state index in [1.807, 2.05) is 6.20 Å². The molecule has 3 nitrogen and oxygen atoms in total. The molecule has 4 rings (SSSR count). The zero-order valence-corrected chi connectivity index (χ0v) is 14.3. The lowest BCUT2D eigenvalue weighted by Crippen LogP contribution is -2.40. The average Bonchev–Trinajstić information content (AvgIpc) is 3.34. The van der Waals surface area contributed by atoms with Crippen molar-refractivity contribution in [3.8, 4) is 0 Å². The van der Waals surface area contributed by atoms with Gasteiger partial charge in [-0.3, -0.25) is 4.98 Å². The number of benzene rings is 1. The number of nitrogens with one attached hydrogen (secondary N) is 1. The summed E-state index contributed by atoms with van der Waals surface area (Å²) in [5.41, 5.74) is 2.26. The molecule has 1 N–H and O–H groups in total. The maximum atomic E-state index is 4.49. The van der Waals surface area contributed by atoms with E-state index in [1.165, 1.54) is 56.4 Å². The monoisotopic (exact) mass is 359 g/mol. The smallest absolute Gasteiger partial charge is 0.0864 e. The normalized spacial score (nSPS) is 20.4. The molecule has 1 aliphatic carbocycles. The highest BCUT2D eigenvalue weighted by Crippen LogP contribution is 2.31. The molecule has 0 amide bonds. The van der Waals surface area contributed by atoms with Gasteiger partial charge in [0.1, 0.15) is 0 Å². The standard InChI is InChI=1S/C18H22BrN3/c19-16-3-1-2-15-17(6-9-20-18(15)16)21-14-7-10-22(11-8-14)12-13-4-5-13/h1-3,6,9,13-14H,4-5,7-8,10-12H2,(H,20,21). The van der Waals surface area contributed by atoms with E-state index in [2.05, 4.69) is 55.4 Å². The Morgan fingerprint density at radius 3 is 2.73 bits per heavy atom. The topological polar surface area (TPSA) is 28.2 Å². The molecule has 1 aromatic heterocycles. The van der Waals surface area contributed by atoms with Crippen molar-refractivity contribution in [1.29, 1.82) is 0 Å². The number of para-hydroxylation sites is 1. The van der Waals surface area contributed by atoms with E-state index in [1.54, 1.807) is 0 Å². The molecule has 1 aliphatic heterocycles. The van der Waals surface area contributed by atoms with Crippen LogP contribution < -0.4 is 5.32 Å². The van der Waals surface area contributed by atoms with E-state index in [9.17, 15) is 0 Å². The van der Waals surface area contributed by atoms with Crippen LogP contribution in [0.3, 0.4) is 0 Å². The van der Waals surface area contributed by atoms with Crippen molar-refractivity contribution in [1.82, 2.24) is 9.88 Å². The van der Waals surface area contributed by atoms with Gasteiger partial charge in [-0.15, -0.1) is 0 Å². The minimum absolute atomic E-state index is 0.583. The summed E-state index contributed by atoms with van der Waals surface area (Å²) in [4.78, 5) is 7.14. The van der Waals surface area contributed by atoms with Crippen LogP contribution in [-0.4, -0.2) is 35.6 Å². The number of halogens is 1. The summed E-state index contributed by atoms with van der Waals surface area (Å²) in [6.07, 6.45) is 7.29. The van der Waals surface area contributed by atoms with Crippen molar-refractivity contribution in [2.24, 2.45) is 5.92 Å². The summed E-state index contributed by atoms with van der Waals surface area (Å²) >= 11 is 3.60. The summed E-state index contributed by atoms with van der Waals surface area (Å²) in [7, 11) is 0. The number of fused-ring (bicyclic) bond motifs is 1. The van der Waals surface area contributed by atoms with Gasteiger partial charge in [0, 0.05) is 47.4 Å². The van der Waals surface area contributed by atoms with Crippen LogP contribution in [0, 0.1) is 5.92 Å². The summed E-state index contributed by atoms with van der Waals surface area (Å²) in [5, 5.41) is 4.96. The molecule has 2 aliphatic rings. The summed E-state index contributed by atoms with van der Waals surface area (Å²) in [5.74, 6) is 1.01. The molecule has 0 unspecified atom stereocenters. The van der Waals surface area contributed by atoms with Gasteiger partial charge < -0.3 is 10.2 Å². The van der Waals surface area contributed by atoms with E-state index in [0.29, 0.717) is 6.04 Å². The maximum Gasteiger partial charge on any atom is 0.0864 e. The largest absolute Gasteiger partial charge is 0.382 e. The van der Waals surface area contributed by atoms with Crippen LogP contribution in [-0.2, 0) is 0 Å². The zero-order valence-electron chi connectivity index (χ0n) is 12.8. The minimum atomic E-state index is 0.583. The van der Waals surface area contributed by atoms with E-state index in [4.69, 9.17) is 0 Å². The number of anilines is 1. The molecular weight excluding hydrogens is 338 g/mol. The van der Waals surface area contributed by atoms with Gasteiger partial charge in [0.15, 0.2) is 0 Å². The van der Waals surface area contributed by atoms with Crippen LogP contribution in [0.4, 0.5) is 5.69 Å². The molecule has 1 saturated heterocycles. The second-order valence-electron chi connectivity index (χ2n) is 6.66. The number of pyridine rings is 1. The van der Waals surface area contributed by atoms with Crippen molar-refractivity contribution < 1.29 is 0 Å². The summed E-state index contributed by atoms with van der Waals surface area (Å²) in [6, 6.07) is 8.97. The molecule has 0 spiro atoms. The number of nitrogens with zero attached hydrogens (tertiary/aromatic N) is 2. The fourth-order valence-corrected chi connectivity index (χ4v) is 3.88. The van der Waals surface area contributed by atoms with Crippen molar-refractivity contribution in [2.75, 3.05) is 25.0 Å². The van der Waals surface area contributed by atoms with Gasteiger partial charge in [-0.05, 0) is 59.7 Å². The molecule has 116 valence electrons. The van der Waals surface area contributed by atoms with Gasteiger partial charge in [0.25, 0.3) is 0 Å². The third-order valence-corrected chi connectivity index (χ3v) is 5.52. The SMILES string of the molecule is Brc1cccc2c(NC3CCN(CC4CC4)CC3)ccnc12. The highest BCUT2D eigenvalue weighted by Gasteiger charge is 2.27. The number of piperidine rings is 1. The van der Waals surface area contributed by atoms with E-state index >= 15 is 0 Å². The van der Waals surface area contributed by atoms with Crippen LogP contribution in [0.25, 0.3) is 10.9 Å². The Morgan fingerprint density at radius 2 is 1.95 bits per heavy atom. The first kappa shape index (κ1) is 14.5. The molecular formula is C18H22BrN3. The van der Waals surface area contributed by atoms with Crippen molar-refractivity contribution in [3.63, 3.8) is 0 Å². The third-order valence-electron chi connectivity index (χ3n) is 4.88. The highest BCUT2D eigenvalue weighted by molar-refractivity contribution is 9.10. The van der Waals surface area contributed by atoms with Gasteiger partial charge in [-0.25, -0.2) is 0 Å². The average molecular weight is 360 g/mol. The molecule has 2 aromatic rings. The van der Waals surface area contributed by atoms with Crippen LogP contribution in [0.2, 0.25) is 0 Å². The molecule has 0 bridgehead atoms. The van der Waals surface area contributed by atoms with Crippen molar-refractivity contribution in [3.05, 3.63) is 34.9 Å². The van der Waals surface area contributed by atoms with Crippen molar-refractivity contribution in [2.45, 2.75) is 31.7 Å². The zero-order chi connectivity index (χ0) is 14.9. The Kier molecular flexibility index (Phi) is 4.05. The summed E-state index contributed by atoms with van der Waals surface area (Å²) < 4.78 is 1.06. The highest BCUT2D eigenvalue weighted by atomic mass is 79.9. The van der Waals surface area contributed by atoms with Crippen LogP contribution >= 0.6 is 15.9 Å². The number of aromatic nitrogens is 1. The number of rotatable bonds is 4. The van der Waals surface area contributed by atoms with E-state index in [-0.39, 0.29) is 0 Å². The summed E-state index contributed by atoms with van der Waals surface area (Å²) in [6.45, 7) is 3.81. The van der Waals surface area contributed by atoms with Gasteiger partial charge in [0.2, 0.25) is 0 Å². The van der Waals surface area contributed by atoms with Crippen LogP contribution in [0.15, 0.2) is 34.9 Å². The third kappa shape index (κ3) is 3.13. The van der Waals surface area contributed by atoms with E-state index < -0.39 is 0 Å². The molecule has 4 heteroatoms. The Hall–Kier alpha value is -1.13. The first-order chi connectivity index (χ1) is 10.8. The van der Waals surface area contributed by atoms with E-state index in [0.717, 1.165) is 15.9 Å². The molecule has 0 radical (unpaired) electrons. The lowest BCUT2D eigenvalue weighted by molar-refractivity contribution is 0.211. The Bertz CT molecular complexity index is 660. The molecule has 2 heterocycles. The first-order valence-electron chi connectivity index (χ1n) is 8.32. The first-order valence-corrected chi connectivity index (χ1v) is 9.11. The number of likely N-dealkylation sites (tertiary alicyclic amines) is 1. The second kappa shape index (κ2) is 6.17. The van der Waals surface area contributed by atoms with Crippen LogP contribution in [0.5, 0.6) is 0 Å². The molecule has 1 saturated carbocycles. The van der Waals surface area contributed by atoms with Gasteiger partial charge in [-0.1, -0.05) is 12.1 Å². The predicted octanol–water partition coefficient (Wildman–Crippen LogP) is 4.28. The number of hydrogen-bond donors (Lipinski definition) is 1. The fourth-order valence-electron chi connectivity index (χ4n) is 3.41. The minimum Gasteiger partial charge on any atom is -0.382 e. The molecule has 2 fully saturated rings. The molecule has 1 aromatic carbocycles. The fraction of sp³-hybridized carbons (Fsp3) is 0.500. The van der Waals surface area contributed by atoms with Crippen LogP contribution in [0.1, 0.15) is 25.7 Å². The quantitative estimate of drug-likeness (QED) is 0.882. The lowest BCUT2D eigenvalue weighted by Gasteiger charge is -2.33. The molecule has 22 heavy (non-hydrogen) atoms. The van der Waals surface area contributed by atoms with Crippen molar-refractivity contribution >= 4 is 32.5 Å². The maximum absolute atomic E-state index is 4.49. The Balaban J connectivity index is 1.44. The molecule has 0 atom stereocenters. The predicted molar refractivity (Wildman–Crippen MR) is 95.3 cm³/mol. The van der Waals surface area contributed by atoms with Gasteiger partial charge in [0.05, 0.1) is 5.52 Å². The number of hydrogen-bond acceptors (Lipinski definition) is 3. The lowest BCUT2D eigenvalue weighted by atomic mass is 10.0. The second-order valence-corrected chi connectivity index (χ2v) is 7.51. The van der Waals surface area contributed by atoms with Gasteiger partial charge in [-0.2, -0.15) is 0 Å². The Labute approximate surface area is 140 Å².